The van der Waals surface area contributed by atoms with Gasteiger partial charge in [0.25, 0.3) is 0 Å². The molecule has 3 heteroatoms. The van der Waals surface area contributed by atoms with Crippen molar-refractivity contribution >= 4 is 18.5 Å². The number of nitrogens with zero attached hydrogens (tertiary/aromatic N) is 1. The molecule has 0 aromatic heterocycles. The zero-order chi connectivity index (χ0) is 12.0. The minimum Gasteiger partial charge on any atom is -0.342 e. The second-order valence-electron chi connectivity index (χ2n) is 4.90. The Morgan fingerprint density at radius 3 is 2.75 bits per heavy atom. The van der Waals surface area contributed by atoms with Gasteiger partial charge in [-0.3, -0.25) is 4.79 Å². The zero-order valence-corrected chi connectivity index (χ0v) is 11.5. The van der Waals surface area contributed by atoms with Gasteiger partial charge < -0.3 is 4.90 Å². The van der Waals surface area contributed by atoms with Crippen molar-refractivity contribution in [3.05, 3.63) is 0 Å². The lowest BCUT2D eigenvalue weighted by atomic mass is 9.98. The van der Waals surface area contributed by atoms with E-state index in [4.69, 9.17) is 0 Å². The van der Waals surface area contributed by atoms with Gasteiger partial charge in [-0.25, -0.2) is 0 Å². The van der Waals surface area contributed by atoms with E-state index in [-0.39, 0.29) is 0 Å². The molecule has 2 nitrogen and oxygen atoms in total. The van der Waals surface area contributed by atoms with Crippen molar-refractivity contribution < 1.29 is 4.79 Å². The molecule has 0 radical (unpaired) electrons. The van der Waals surface area contributed by atoms with E-state index in [2.05, 4.69) is 31.4 Å². The van der Waals surface area contributed by atoms with Crippen LogP contribution < -0.4 is 0 Å². The van der Waals surface area contributed by atoms with Gasteiger partial charge in [-0.2, -0.15) is 12.6 Å². The Hall–Kier alpha value is -0.180. The number of thiol groups is 1. The summed E-state index contributed by atoms with van der Waals surface area (Å²) in [5, 5.41) is 0. The third-order valence-electron chi connectivity index (χ3n) is 3.82. The number of rotatable bonds is 5. The van der Waals surface area contributed by atoms with Crippen LogP contribution in [0.4, 0.5) is 0 Å². The molecule has 0 aliphatic carbocycles. The van der Waals surface area contributed by atoms with Gasteiger partial charge in [-0.1, -0.05) is 26.7 Å². The number of carbonyl (C=O) groups is 1. The molecular weight excluding hydrogens is 218 g/mol. The number of likely N-dealkylation sites (tertiary alicyclic amines) is 1. The highest BCUT2D eigenvalue weighted by molar-refractivity contribution is 7.80. The molecule has 2 atom stereocenters. The van der Waals surface area contributed by atoms with Crippen molar-refractivity contribution in [3.63, 3.8) is 0 Å². The van der Waals surface area contributed by atoms with E-state index < -0.39 is 0 Å². The first kappa shape index (κ1) is 13.9. The maximum Gasteiger partial charge on any atom is 0.222 e. The van der Waals surface area contributed by atoms with Crippen LogP contribution in [0.3, 0.4) is 0 Å². The molecule has 0 aromatic carbocycles. The van der Waals surface area contributed by atoms with Crippen LogP contribution in [0.25, 0.3) is 0 Å². The predicted octanol–water partition coefficient (Wildman–Crippen LogP) is 2.98. The molecule has 0 bridgehead atoms. The quantitative estimate of drug-likeness (QED) is 0.736. The summed E-state index contributed by atoms with van der Waals surface area (Å²) in [5.74, 6) is 2.56. The fourth-order valence-corrected chi connectivity index (χ4v) is 2.70. The van der Waals surface area contributed by atoms with E-state index in [0.717, 1.165) is 44.0 Å². The van der Waals surface area contributed by atoms with Crippen molar-refractivity contribution in [1.82, 2.24) is 4.90 Å². The Balaban J connectivity index is 2.48. The third-order valence-corrected chi connectivity index (χ3v) is 4.33. The van der Waals surface area contributed by atoms with Crippen LogP contribution >= 0.6 is 12.6 Å². The second kappa shape index (κ2) is 7.21. The number of carbonyl (C=O) groups excluding carboxylic acids is 1. The van der Waals surface area contributed by atoms with Crippen LogP contribution in [0.1, 0.15) is 46.0 Å². The molecule has 1 heterocycles. The summed E-state index contributed by atoms with van der Waals surface area (Å²) in [6.45, 7) is 6.28. The van der Waals surface area contributed by atoms with E-state index in [1.807, 2.05) is 0 Å². The summed E-state index contributed by atoms with van der Waals surface area (Å²) in [6, 6.07) is 0. The first-order valence-corrected chi connectivity index (χ1v) is 7.23. The highest BCUT2D eigenvalue weighted by atomic mass is 32.1. The standard InChI is InChI=1S/C13H25NOS/c1-3-11-5-6-13(15)14(8-7-11)9-12(4-2)10-16/h11-12,16H,3-10H2,1-2H3. The lowest BCUT2D eigenvalue weighted by Crippen LogP contribution is -2.35. The van der Waals surface area contributed by atoms with Crippen LogP contribution in [0.5, 0.6) is 0 Å². The highest BCUT2D eigenvalue weighted by Crippen LogP contribution is 2.22. The summed E-state index contributed by atoms with van der Waals surface area (Å²) in [7, 11) is 0. The zero-order valence-electron chi connectivity index (χ0n) is 10.6. The third kappa shape index (κ3) is 4.00. The van der Waals surface area contributed by atoms with Crippen molar-refractivity contribution in [1.29, 1.82) is 0 Å². The Morgan fingerprint density at radius 1 is 1.44 bits per heavy atom. The fraction of sp³-hybridized carbons (Fsp3) is 0.923. The lowest BCUT2D eigenvalue weighted by Gasteiger charge is -2.25. The molecule has 0 saturated carbocycles. The van der Waals surface area contributed by atoms with Gasteiger partial charge >= 0.3 is 0 Å². The average molecular weight is 243 g/mol. The summed E-state index contributed by atoms with van der Waals surface area (Å²) in [5.41, 5.74) is 0. The second-order valence-corrected chi connectivity index (χ2v) is 5.26. The van der Waals surface area contributed by atoms with Gasteiger partial charge in [0.2, 0.25) is 5.91 Å². The normalized spacial score (nSPS) is 24.3. The summed E-state index contributed by atoms with van der Waals surface area (Å²) < 4.78 is 0. The van der Waals surface area contributed by atoms with Gasteiger partial charge in [-0.05, 0) is 30.4 Å². The molecule has 0 spiro atoms. The molecule has 1 aliphatic heterocycles. The molecule has 2 unspecified atom stereocenters. The molecule has 1 amide bonds. The van der Waals surface area contributed by atoms with Crippen molar-refractivity contribution in [2.24, 2.45) is 11.8 Å². The minimum absolute atomic E-state index is 0.358. The maximum atomic E-state index is 11.9. The molecule has 1 aliphatic rings. The topological polar surface area (TPSA) is 20.3 Å². The Bertz CT molecular complexity index is 216. The summed E-state index contributed by atoms with van der Waals surface area (Å²) in [4.78, 5) is 14.0. The number of amides is 1. The molecule has 0 aromatic rings. The van der Waals surface area contributed by atoms with E-state index in [1.165, 1.54) is 12.8 Å². The van der Waals surface area contributed by atoms with Gasteiger partial charge in [0, 0.05) is 19.5 Å². The first-order valence-electron chi connectivity index (χ1n) is 6.59. The van der Waals surface area contributed by atoms with Crippen LogP contribution in [0, 0.1) is 11.8 Å². The average Bonchev–Trinajstić information content (AvgIpc) is 2.49. The maximum absolute atomic E-state index is 11.9. The Morgan fingerprint density at radius 2 is 2.19 bits per heavy atom. The predicted molar refractivity (Wildman–Crippen MR) is 71.8 cm³/mol. The van der Waals surface area contributed by atoms with Crippen LogP contribution in [-0.2, 0) is 4.79 Å². The number of hydrogen-bond acceptors (Lipinski definition) is 2. The summed E-state index contributed by atoms with van der Waals surface area (Å²) in [6.07, 6.45) is 5.35. The van der Waals surface area contributed by atoms with E-state index in [1.54, 1.807) is 0 Å². The molecule has 1 saturated heterocycles. The molecular formula is C13H25NOS. The smallest absolute Gasteiger partial charge is 0.222 e. The van der Waals surface area contributed by atoms with Crippen molar-refractivity contribution in [3.8, 4) is 0 Å². The fourth-order valence-electron chi connectivity index (χ4n) is 2.32. The Kier molecular flexibility index (Phi) is 6.25. The molecule has 1 fully saturated rings. The van der Waals surface area contributed by atoms with Gasteiger partial charge in [-0.15, -0.1) is 0 Å². The minimum atomic E-state index is 0.358. The van der Waals surface area contributed by atoms with E-state index in [9.17, 15) is 4.79 Å². The van der Waals surface area contributed by atoms with Crippen LogP contribution in [0.2, 0.25) is 0 Å². The SMILES string of the molecule is CCC1CCC(=O)N(CC(CC)CS)CC1. The highest BCUT2D eigenvalue weighted by Gasteiger charge is 2.22. The molecule has 0 N–H and O–H groups in total. The Labute approximate surface area is 105 Å². The van der Waals surface area contributed by atoms with Crippen LogP contribution in [0.15, 0.2) is 0 Å². The first-order chi connectivity index (χ1) is 7.71. The largest absolute Gasteiger partial charge is 0.342 e. The van der Waals surface area contributed by atoms with Crippen molar-refractivity contribution in [2.75, 3.05) is 18.8 Å². The monoisotopic (exact) mass is 243 g/mol. The van der Waals surface area contributed by atoms with Gasteiger partial charge in [0.05, 0.1) is 0 Å². The lowest BCUT2D eigenvalue weighted by molar-refractivity contribution is -0.131. The molecule has 1 rings (SSSR count). The van der Waals surface area contributed by atoms with Gasteiger partial charge in [0.1, 0.15) is 0 Å². The van der Waals surface area contributed by atoms with Crippen molar-refractivity contribution in [2.45, 2.75) is 46.0 Å². The molecule has 16 heavy (non-hydrogen) atoms. The molecule has 94 valence electrons. The number of hydrogen-bond donors (Lipinski definition) is 1. The van der Waals surface area contributed by atoms with E-state index in [0.29, 0.717) is 11.8 Å². The van der Waals surface area contributed by atoms with Gasteiger partial charge in [0.15, 0.2) is 0 Å². The summed E-state index contributed by atoms with van der Waals surface area (Å²) >= 11 is 4.35. The van der Waals surface area contributed by atoms with Crippen LogP contribution in [-0.4, -0.2) is 29.6 Å². The van der Waals surface area contributed by atoms with E-state index >= 15 is 0 Å².